The van der Waals surface area contributed by atoms with E-state index in [9.17, 15) is 19.8 Å². The van der Waals surface area contributed by atoms with Crippen LogP contribution >= 0.6 is 11.8 Å². The van der Waals surface area contributed by atoms with Crippen molar-refractivity contribution in [2.75, 3.05) is 5.75 Å². The van der Waals surface area contributed by atoms with Gasteiger partial charge >= 0.3 is 0 Å². The van der Waals surface area contributed by atoms with Crippen molar-refractivity contribution in [3.63, 3.8) is 0 Å². The highest BCUT2D eigenvalue weighted by atomic mass is 32.2. The Morgan fingerprint density at radius 1 is 1.14 bits per heavy atom. The van der Waals surface area contributed by atoms with Gasteiger partial charge in [-0.25, -0.2) is 9.37 Å². The summed E-state index contributed by atoms with van der Waals surface area (Å²) in [6.45, 7) is 3.74. The molecule has 1 aromatic carbocycles. The van der Waals surface area contributed by atoms with E-state index in [0.717, 1.165) is 21.4 Å². The molecule has 0 radical (unpaired) electrons. The number of alkyl halides is 1. The number of thioether (sulfide) groups is 1. The molecular formula is C30H34FNO4S. The normalized spacial score (nSPS) is 41.1. The standard InChI is InChI=1S/C30H34FNO4S/c1-27-12-9-20(33)15-19(27)7-8-23-22-10-13-29(36,28(22,2)16-24(34)30(23,27)31)25(35)17-37-26-21-6-4-3-5-18(21)11-14-32-26/h3-6,11,14-15,22-24,34,36H,7-10,12-13,16-17H2,1-2H3/t22?,23?,24-,27?,28?,29-,30-/m0/s1. The number of rotatable bonds is 4. The molecule has 0 aliphatic heterocycles. The molecule has 2 N–H and O–H groups in total. The van der Waals surface area contributed by atoms with Crippen LogP contribution in [0.25, 0.3) is 10.8 Å². The van der Waals surface area contributed by atoms with E-state index in [4.69, 9.17) is 0 Å². The van der Waals surface area contributed by atoms with Gasteiger partial charge in [-0.1, -0.05) is 55.4 Å². The first-order valence-electron chi connectivity index (χ1n) is 13.4. The van der Waals surface area contributed by atoms with Crippen LogP contribution in [-0.2, 0) is 9.59 Å². The zero-order valence-corrected chi connectivity index (χ0v) is 22.2. The molecule has 4 unspecified atom stereocenters. The van der Waals surface area contributed by atoms with Gasteiger partial charge in [0.15, 0.2) is 11.6 Å². The molecule has 4 aliphatic carbocycles. The number of aromatic nitrogens is 1. The van der Waals surface area contributed by atoms with E-state index in [2.05, 4.69) is 4.98 Å². The number of aliphatic hydroxyl groups excluding tert-OH is 1. The summed E-state index contributed by atoms with van der Waals surface area (Å²) in [5.41, 5.74) is -4.51. The first-order valence-corrected chi connectivity index (χ1v) is 14.4. The number of carbonyl (C=O) groups excluding carboxylic acids is 2. The molecule has 0 saturated heterocycles. The van der Waals surface area contributed by atoms with Crippen molar-refractivity contribution in [3.05, 3.63) is 48.2 Å². The quantitative estimate of drug-likeness (QED) is 0.534. The van der Waals surface area contributed by atoms with Crippen LogP contribution in [0.15, 0.2) is 53.2 Å². The lowest BCUT2D eigenvalue weighted by atomic mass is 9.44. The highest BCUT2D eigenvalue weighted by Gasteiger charge is 2.74. The summed E-state index contributed by atoms with van der Waals surface area (Å²) in [5.74, 6) is -0.865. The number of benzene rings is 1. The van der Waals surface area contributed by atoms with Crippen LogP contribution in [-0.4, -0.2) is 49.9 Å². The zero-order chi connectivity index (χ0) is 26.2. The molecule has 7 atom stereocenters. The summed E-state index contributed by atoms with van der Waals surface area (Å²) in [4.78, 5) is 30.3. The molecule has 0 bridgehead atoms. The van der Waals surface area contributed by atoms with Crippen LogP contribution in [0.1, 0.15) is 58.8 Å². The number of hydrogen-bond acceptors (Lipinski definition) is 6. The molecule has 6 rings (SSSR count). The second-order valence-electron chi connectivity index (χ2n) is 12.1. The van der Waals surface area contributed by atoms with Crippen LogP contribution < -0.4 is 0 Å². The maximum atomic E-state index is 17.3. The lowest BCUT2D eigenvalue weighted by Crippen LogP contribution is -2.69. The molecule has 4 aliphatic rings. The lowest BCUT2D eigenvalue weighted by molar-refractivity contribution is -0.225. The smallest absolute Gasteiger partial charge is 0.175 e. The third-order valence-electron chi connectivity index (χ3n) is 10.6. The van der Waals surface area contributed by atoms with Gasteiger partial charge in [0.05, 0.1) is 11.9 Å². The monoisotopic (exact) mass is 523 g/mol. The third-order valence-corrected chi connectivity index (χ3v) is 11.6. The Bertz CT molecular complexity index is 1320. The molecule has 0 spiro atoms. The van der Waals surface area contributed by atoms with Gasteiger partial charge in [-0.3, -0.25) is 9.59 Å². The average Bonchev–Trinajstić information content (AvgIpc) is 3.15. The van der Waals surface area contributed by atoms with Crippen LogP contribution in [0.2, 0.25) is 0 Å². The Hall–Kier alpha value is -2.09. The summed E-state index contributed by atoms with van der Waals surface area (Å²) in [6, 6.07) is 9.79. The van der Waals surface area contributed by atoms with Crippen molar-refractivity contribution in [1.29, 1.82) is 0 Å². The van der Waals surface area contributed by atoms with E-state index in [-0.39, 0.29) is 42.5 Å². The maximum absolute atomic E-state index is 17.3. The predicted molar refractivity (Wildman–Crippen MR) is 141 cm³/mol. The van der Waals surface area contributed by atoms with E-state index < -0.39 is 34.1 Å². The molecule has 5 nitrogen and oxygen atoms in total. The van der Waals surface area contributed by atoms with Crippen molar-refractivity contribution in [2.24, 2.45) is 22.7 Å². The molecule has 37 heavy (non-hydrogen) atoms. The molecule has 196 valence electrons. The Morgan fingerprint density at radius 3 is 2.73 bits per heavy atom. The van der Waals surface area contributed by atoms with Crippen molar-refractivity contribution in [2.45, 2.75) is 81.2 Å². The highest BCUT2D eigenvalue weighted by molar-refractivity contribution is 8.00. The third kappa shape index (κ3) is 3.32. The van der Waals surface area contributed by atoms with Crippen LogP contribution in [0.3, 0.4) is 0 Å². The molecule has 1 aromatic heterocycles. The van der Waals surface area contributed by atoms with Crippen molar-refractivity contribution >= 4 is 34.1 Å². The summed E-state index contributed by atoms with van der Waals surface area (Å²) >= 11 is 1.32. The van der Waals surface area contributed by atoms with Crippen molar-refractivity contribution < 1.29 is 24.2 Å². The van der Waals surface area contributed by atoms with Crippen molar-refractivity contribution in [3.8, 4) is 0 Å². The second-order valence-corrected chi connectivity index (χ2v) is 13.0. The number of Topliss-reactive ketones (excluding diaryl/α,β-unsaturated/α-hetero) is 1. The number of pyridine rings is 1. The van der Waals surface area contributed by atoms with E-state index in [1.54, 1.807) is 12.3 Å². The van der Waals surface area contributed by atoms with Gasteiger partial charge in [0.2, 0.25) is 0 Å². The topological polar surface area (TPSA) is 87.5 Å². The van der Waals surface area contributed by atoms with Crippen LogP contribution in [0, 0.1) is 22.7 Å². The summed E-state index contributed by atoms with van der Waals surface area (Å²) in [7, 11) is 0. The van der Waals surface area contributed by atoms with Crippen LogP contribution in [0.5, 0.6) is 0 Å². The fourth-order valence-electron chi connectivity index (χ4n) is 8.49. The predicted octanol–water partition coefficient (Wildman–Crippen LogP) is 5.22. The average molecular weight is 524 g/mol. The number of allylic oxidation sites excluding steroid dienone is 1. The fourth-order valence-corrected chi connectivity index (χ4v) is 9.48. The maximum Gasteiger partial charge on any atom is 0.175 e. The number of nitrogens with zero attached hydrogens (tertiary/aromatic N) is 1. The van der Waals surface area contributed by atoms with Gasteiger partial charge in [0.1, 0.15) is 16.3 Å². The number of fused-ring (bicyclic) bond motifs is 6. The molecule has 2 aromatic rings. The number of ketones is 2. The lowest BCUT2D eigenvalue weighted by Gasteiger charge is -2.63. The van der Waals surface area contributed by atoms with Crippen molar-refractivity contribution in [1.82, 2.24) is 4.98 Å². The largest absolute Gasteiger partial charge is 0.390 e. The molecular weight excluding hydrogens is 489 g/mol. The number of aliphatic hydroxyl groups is 2. The summed E-state index contributed by atoms with van der Waals surface area (Å²) in [6.07, 6.45) is 4.67. The minimum atomic E-state index is -1.88. The molecule has 0 amide bonds. The Kier molecular flexibility index (Phi) is 5.76. The van der Waals surface area contributed by atoms with Gasteiger partial charge in [0, 0.05) is 34.8 Å². The minimum Gasteiger partial charge on any atom is -0.390 e. The number of carbonyl (C=O) groups is 2. The molecule has 3 saturated carbocycles. The molecule has 3 fully saturated rings. The Morgan fingerprint density at radius 2 is 1.92 bits per heavy atom. The summed E-state index contributed by atoms with van der Waals surface area (Å²) < 4.78 is 17.3. The molecule has 1 heterocycles. The highest BCUT2D eigenvalue weighted by Crippen LogP contribution is 2.70. The van der Waals surface area contributed by atoms with Gasteiger partial charge in [0.25, 0.3) is 0 Å². The minimum absolute atomic E-state index is 0.0287. The van der Waals surface area contributed by atoms with Gasteiger partial charge in [-0.2, -0.15) is 0 Å². The Balaban J connectivity index is 1.28. The first kappa shape index (κ1) is 25.2. The van der Waals surface area contributed by atoms with E-state index in [0.29, 0.717) is 25.7 Å². The number of halogens is 1. The zero-order valence-electron chi connectivity index (χ0n) is 21.4. The Labute approximate surface area is 220 Å². The SMILES string of the molecule is CC12C[C@H](O)[C@@]3(F)C(CCC4=CC(=O)CCC43C)C1CC[C@]2(O)C(=O)CSc1nccc2ccccc12. The van der Waals surface area contributed by atoms with E-state index in [1.165, 1.54) is 11.8 Å². The van der Waals surface area contributed by atoms with Gasteiger partial charge in [-0.05, 0) is 62.0 Å². The van der Waals surface area contributed by atoms with Crippen LogP contribution in [0.4, 0.5) is 4.39 Å². The van der Waals surface area contributed by atoms with E-state index in [1.807, 2.05) is 44.2 Å². The van der Waals surface area contributed by atoms with Gasteiger partial charge in [-0.15, -0.1) is 0 Å². The van der Waals surface area contributed by atoms with E-state index >= 15 is 4.39 Å². The molecule has 7 heteroatoms. The number of hydrogen-bond donors (Lipinski definition) is 2. The van der Waals surface area contributed by atoms with Gasteiger partial charge < -0.3 is 10.2 Å². The fraction of sp³-hybridized carbons (Fsp3) is 0.567. The summed E-state index contributed by atoms with van der Waals surface area (Å²) in [5, 5.41) is 26.2. The second kappa shape index (κ2) is 8.45. The first-order chi connectivity index (χ1) is 17.5.